The molecule has 0 aromatic heterocycles. The van der Waals surface area contributed by atoms with E-state index >= 15 is 0 Å². The van der Waals surface area contributed by atoms with Crippen LogP contribution in [-0.2, 0) is 14.6 Å². The van der Waals surface area contributed by atoms with Crippen LogP contribution >= 0.6 is 0 Å². The van der Waals surface area contributed by atoms with Gasteiger partial charge in [-0.3, -0.25) is 9.59 Å². The highest BCUT2D eigenvalue weighted by Gasteiger charge is 2.49. The molecule has 0 radical (unpaired) electrons. The molecule has 0 bridgehead atoms. The monoisotopic (exact) mass is 393 g/mol. The average Bonchev–Trinajstić information content (AvgIpc) is 2.93. The predicted octanol–water partition coefficient (Wildman–Crippen LogP) is 0.803. The normalized spacial score (nSPS) is 23.8. The molecule has 3 rings (SSSR count). The first-order valence-corrected chi connectivity index (χ1v) is 10.5. The lowest BCUT2D eigenvalue weighted by Crippen LogP contribution is -2.62. The molecule has 0 N–H and O–H groups in total. The molecule has 9 heteroatoms. The Morgan fingerprint density at radius 3 is 2.33 bits per heavy atom. The second-order valence-corrected chi connectivity index (χ2v) is 9.39. The number of amides is 2. The Morgan fingerprint density at radius 1 is 1.15 bits per heavy atom. The van der Waals surface area contributed by atoms with E-state index in [-0.39, 0.29) is 47.5 Å². The molecular formula is C18H20FN3O4S. The minimum absolute atomic E-state index is 0.00164. The van der Waals surface area contributed by atoms with E-state index in [0.29, 0.717) is 0 Å². The van der Waals surface area contributed by atoms with Gasteiger partial charge in [0.25, 0.3) is 5.91 Å². The second kappa shape index (κ2) is 6.93. The molecule has 2 saturated heterocycles. The van der Waals surface area contributed by atoms with Gasteiger partial charge in [0.05, 0.1) is 35.2 Å². The number of hydrogen-bond donors (Lipinski definition) is 0. The molecule has 27 heavy (non-hydrogen) atoms. The van der Waals surface area contributed by atoms with Crippen LogP contribution < -0.4 is 0 Å². The van der Waals surface area contributed by atoms with E-state index in [1.807, 2.05) is 0 Å². The van der Waals surface area contributed by atoms with E-state index in [1.54, 1.807) is 24.8 Å². The summed E-state index contributed by atoms with van der Waals surface area (Å²) in [6.07, 6.45) is 0. The Labute approximate surface area is 157 Å². The predicted molar refractivity (Wildman–Crippen MR) is 94.9 cm³/mol. The van der Waals surface area contributed by atoms with Crippen molar-refractivity contribution in [2.24, 2.45) is 5.92 Å². The number of carbonyl (C=O) groups is 2. The van der Waals surface area contributed by atoms with Gasteiger partial charge in [0, 0.05) is 24.6 Å². The summed E-state index contributed by atoms with van der Waals surface area (Å²) >= 11 is 0. The van der Waals surface area contributed by atoms with Gasteiger partial charge in [-0.1, -0.05) is 13.8 Å². The van der Waals surface area contributed by atoms with Gasteiger partial charge in [-0.05, 0) is 18.2 Å². The van der Waals surface area contributed by atoms with Crippen molar-refractivity contribution in [2.75, 3.05) is 24.6 Å². The SMILES string of the molecule is CC(C)C(=O)N1CCN(C(=O)c2cc(F)cc(C#N)c2)C2CS(=O)(=O)CC21. The number of carbonyl (C=O) groups excluding carboxylic acids is 2. The zero-order valence-electron chi connectivity index (χ0n) is 15.1. The molecule has 144 valence electrons. The number of fused-ring (bicyclic) bond motifs is 1. The lowest BCUT2D eigenvalue weighted by Gasteiger charge is -2.44. The highest BCUT2D eigenvalue weighted by molar-refractivity contribution is 7.91. The molecule has 0 saturated carbocycles. The lowest BCUT2D eigenvalue weighted by atomic mass is 10.0. The number of rotatable bonds is 2. The van der Waals surface area contributed by atoms with Crippen molar-refractivity contribution in [3.63, 3.8) is 0 Å². The van der Waals surface area contributed by atoms with Gasteiger partial charge in [-0.25, -0.2) is 12.8 Å². The van der Waals surface area contributed by atoms with Gasteiger partial charge in [-0.2, -0.15) is 5.26 Å². The van der Waals surface area contributed by atoms with Crippen LogP contribution in [0.5, 0.6) is 0 Å². The minimum atomic E-state index is -3.40. The Bertz CT molecular complexity index is 938. The molecular weight excluding hydrogens is 373 g/mol. The molecule has 1 aromatic carbocycles. The third kappa shape index (κ3) is 3.67. The summed E-state index contributed by atoms with van der Waals surface area (Å²) in [5.74, 6) is -2.08. The number of hydrogen-bond acceptors (Lipinski definition) is 5. The van der Waals surface area contributed by atoms with E-state index in [4.69, 9.17) is 5.26 Å². The number of nitrogens with zero attached hydrogens (tertiary/aromatic N) is 3. The van der Waals surface area contributed by atoms with Crippen molar-refractivity contribution in [2.45, 2.75) is 25.9 Å². The van der Waals surface area contributed by atoms with Crippen LogP contribution in [-0.4, -0.2) is 66.7 Å². The third-order valence-electron chi connectivity index (χ3n) is 4.99. The summed E-state index contributed by atoms with van der Waals surface area (Å²) in [6.45, 7) is 3.87. The second-order valence-electron chi connectivity index (χ2n) is 7.24. The van der Waals surface area contributed by atoms with Gasteiger partial charge >= 0.3 is 0 Å². The largest absolute Gasteiger partial charge is 0.335 e. The van der Waals surface area contributed by atoms with Gasteiger partial charge in [0.2, 0.25) is 5.91 Å². The third-order valence-corrected chi connectivity index (χ3v) is 6.69. The van der Waals surface area contributed by atoms with Crippen molar-refractivity contribution in [3.05, 3.63) is 35.1 Å². The number of halogens is 1. The Kier molecular flexibility index (Phi) is 4.95. The van der Waals surface area contributed by atoms with Gasteiger partial charge in [-0.15, -0.1) is 0 Å². The first kappa shape index (κ1) is 19.3. The summed E-state index contributed by atoms with van der Waals surface area (Å²) in [4.78, 5) is 28.4. The maximum absolute atomic E-state index is 13.7. The first-order chi connectivity index (χ1) is 12.6. The Hall–Kier alpha value is -2.47. The summed E-state index contributed by atoms with van der Waals surface area (Å²) in [7, 11) is -3.40. The average molecular weight is 393 g/mol. The number of sulfone groups is 1. The van der Waals surface area contributed by atoms with Gasteiger partial charge < -0.3 is 9.80 Å². The van der Waals surface area contributed by atoms with Crippen LogP contribution in [0.4, 0.5) is 4.39 Å². The van der Waals surface area contributed by atoms with E-state index in [2.05, 4.69) is 0 Å². The Morgan fingerprint density at radius 2 is 1.74 bits per heavy atom. The number of benzene rings is 1. The molecule has 0 spiro atoms. The van der Waals surface area contributed by atoms with E-state index in [0.717, 1.165) is 12.1 Å². The molecule has 2 heterocycles. The molecule has 7 nitrogen and oxygen atoms in total. The van der Waals surface area contributed by atoms with Crippen LogP contribution in [0.3, 0.4) is 0 Å². The fourth-order valence-electron chi connectivity index (χ4n) is 3.75. The summed E-state index contributed by atoms with van der Waals surface area (Å²) in [5, 5.41) is 8.98. The maximum atomic E-state index is 13.7. The molecule has 2 fully saturated rings. The van der Waals surface area contributed by atoms with Crippen molar-refractivity contribution in [3.8, 4) is 6.07 Å². The van der Waals surface area contributed by atoms with Crippen LogP contribution in [0.1, 0.15) is 29.8 Å². The zero-order valence-corrected chi connectivity index (χ0v) is 15.9. The lowest BCUT2D eigenvalue weighted by molar-refractivity contribution is -0.139. The molecule has 0 aliphatic carbocycles. The molecule has 2 aliphatic rings. The fourth-order valence-corrected chi connectivity index (χ4v) is 5.73. The topological polar surface area (TPSA) is 98.5 Å². The van der Waals surface area contributed by atoms with E-state index in [1.165, 1.54) is 11.0 Å². The summed E-state index contributed by atoms with van der Waals surface area (Å²) < 4.78 is 38.1. The van der Waals surface area contributed by atoms with Crippen LogP contribution in [0.15, 0.2) is 18.2 Å². The molecule has 2 aliphatic heterocycles. The zero-order chi connectivity index (χ0) is 19.9. The van der Waals surface area contributed by atoms with E-state index in [9.17, 15) is 22.4 Å². The van der Waals surface area contributed by atoms with Gasteiger partial charge in [0.15, 0.2) is 9.84 Å². The van der Waals surface area contributed by atoms with Gasteiger partial charge in [0.1, 0.15) is 5.82 Å². The quantitative estimate of drug-likeness (QED) is 0.740. The molecule has 1 aromatic rings. The molecule has 2 unspecified atom stereocenters. The van der Waals surface area contributed by atoms with Crippen molar-refractivity contribution >= 4 is 21.7 Å². The fraction of sp³-hybridized carbons (Fsp3) is 0.500. The maximum Gasteiger partial charge on any atom is 0.254 e. The number of nitriles is 1. The van der Waals surface area contributed by atoms with Crippen molar-refractivity contribution in [1.82, 2.24) is 9.80 Å². The highest BCUT2D eigenvalue weighted by atomic mass is 32.2. The van der Waals surface area contributed by atoms with Crippen LogP contribution in [0, 0.1) is 23.1 Å². The smallest absolute Gasteiger partial charge is 0.254 e. The Balaban J connectivity index is 1.94. The van der Waals surface area contributed by atoms with Crippen LogP contribution in [0.2, 0.25) is 0 Å². The molecule has 2 amide bonds. The van der Waals surface area contributed by atoms with Crippen molar-refractivity contribution < 1.29 is 22.4 Å². The molecule has 2 atom stereocenters. The first-order valence-electron chi connectivity index (χ1n) is 8.65. The number of piperazine rings is 1. The standard InChI is InChI=1S/C18H20FN3O4S/c1-11(2)17(23)21-3-4-22(16-10-27(25,26)9-15(16)21)18(24)13-5-12(8-20)6-14(19)7-13/h5-7,11,15-16H,3-4,9-10H2,1-2H3. The van der Waals surface area contributed by atoms with Crippen LogP contribution in [0.25, 0.3) is 0 Å². The van der Waals surface area contributed by atoms with Crippen molar-refractivity contribution in [1.29, 1.82) is 5.26 Å². The van der Waals surface area contributed by atoms with E-state index < -0.39 is 33.6 Å². The summed E-state index contributed by atoms with van der Waals surface area (Å²) in [5.41, 5.74) is 0.0146. The minimum Gasteiger partial charge on any atom is -0.335 e. The highest BCUT2D eigenvalue weighted by Crippen LogP contribution is 2.29. The summed E-state index contributed by atoms with van der Waals surface area (Å²) in [6, 6.07) is 3.87.